The summed E-state index contributed by atoms with van der Waals surface area (Å²) in [5.74, 6) is 0.0599. The highest BCUT2D eigenvalue weighted by molar-refractivity contribution is 6.30. The Morgan fingerprint density at radius 3 is 2.48 bits per heavy atom. The molecule has 0 aromatic heterocycles. The third-order valence-electron chi connectivity index (χ3n) is 6.14. The summed E-state index contributed by atoms with van der Waals surface area (Å²) in [7, 11) is 0. The summed E-state index contributed by atoms with van der Waals surface area (Å²) in [6.45, 7) is 2.00. The molecule has 166 valence electrons. The zero-order chi connectivity index (χ0) is 22.9. The van der Waals surface area contributed by atoms with Crippen LogP contribution in [0.15, 0.2) is 84.1 Å². The van der Waals surface area contributed by atoms with E-state index in [2.05, 4.69) is 10.6 Å². The molecule has 2 N–H and O–H groups in total. The van der Waals surface area contributed by atoms with Gasteiger partial charge in [-0.15, -0.1) is 0 Å². The van der Waals surface area contributed by atoms with Gasteiger partial charge < -0.3 is 10.6 Å². The lowest BCUT2D eigenvalue weighted by molar-refractivity contribution is -0.116. The van der Waals surface area contributed by atoms with Crippen molar-refractivity contribution in [2.75, 3.05) is 15.5 Å². The lowest BCUT2D eigenvalue weighted by Crippen LogP contribution is -2.40. The molecule has 1 atom stereocenters. The Hall–Kier alpha value is -3.57. The highest BCUT2D eigenvalue weighted by Gasteiger charge is 2.39. The summed E-state index contributed by atoms with van der Waals surface area (Å²) in [6.07, 6.45) is 2.01. The van der Waals surface area contributed by atoms with Crippen molar-refractivity contribution >= 4 is 40.5 Å². The minimum Gasteiger partial charge on any atom is -0.357 e. The van der Waals surface area contributed by atoms with Gasteiger partial charge in [0.2, 0.25) is 0 Å². The predicted octanol–water partition coefficient (Wildman–Crippen LogP) is 6.86. The number of anilines is 3. The van der Waals surface area contributed by atoms with Crippen LogP contribution in [0.3, 0.4) is 0 Å². The third-order valence-corrected chi connectivity index (χ3v) is 6.40. The normalized spacial score (nSPS) is 17.6. The number of halogens is 1. The zero-order valence-corrected chi connectivity index (χ0v) is 19.0. The fourth-order valence-corrected chi connectivity index (χ4v) is 4.66. The maximum absolute atomic E-state index is 13.8. The molecule has 0 fully saturated rings. The van der Waals surface area contributed by atoms with E-state index in [4.69, 9.17) is 11.6 Å². The number of carbonyl (C=O) groups is 2. The van der Waals surface area contributed by atoms with Crippen molar-refractivity contribution in [1.82, 2.24) is 0 Å². The maximum atomic E-state index is 13.8. The summed E-state index contributed by atoms with van der Waals surface area (Å²) in [6, 6.07) is 21.8. The van der Waals surface area contributed by atoms with Gasteiger partial charge in [0, 0.05) is 28.4 Å². The van der Waals surface area contributed by atoms with Gasteiger partial charge >= 0.3 is 6.03 Å². The Bertz CT molecular complexity index is 1250. The van der Waals surface area contributed by atoms with E-state index in [-0.39, 0.29) is 11.8 Å². The van der Waals surface area contributed by atoms with Gasteiger partial charge in [0.1, 0.15) is 0 Å². The summed E-state index contributed by atoms with van der Waals surface area (Å²) in [5.41, 5.74) is 5.67. The fraction of sp³-hybridized carbons (Fsp3) is 0.185. The number of Topliss-reactive ketones (excluding diaryl/α,β-unsaturated/α-hetero) is 1. The van der Waals surface area contributed by atoms with Crippen molar-refractivity contribution in [3.8, 4) is 0 Å². The lowest BCUT2D eigenvalue weighted by Gasteiger charge is -2.34. The monoisotopic (exact) mass is 457 g/mol. The molecule has 0 spiro atoms. The van der Waals surface area contributed by atoms with E-state index >= 15 is 0 Å². The molecule has 3 aromatic rings. The number of nitrogens with one attached hydrogen (secondary N) is 2. The second-order valence-electron chi connectivity index (χ2n) is 8.43. The van der Waals surface area contributed by atoms with Crippen LogP contribution in [0.5, 0.6) is 0 Å². The Morgan fingerprint density at radius 1 is 1.00 bits per heavy atom. The standard InChI is InChI=1S/C27H24ClN3O2/c1-17-9-15-20(16-10-17)29-27(33)31-23-7-3-2-5-21(23)30-22-6-4-8-24(32)25(22)26(31)18-11-13-19(28)14-12-18/h2-3,5,7,9-16,26,30H,4,6,8H2,1H3,(H,29,33)/t26-/m0/s1. The molecule has 3 aromatic carbocycles. The molecule has 6 heteroatoms. The molecule has 5 rings (SSSR count). The van der Waals surface area contributed by atoms with Crippen LogP contribution in [0.25, 0.3) is 0 Å². The van der Waals surface area contributed by atoms with Gasteiger partial charge in [0.05, 0.1) is 17.4 Å². The van der Waals surface area contributed by atoms with Crippen molar-refractivity contribution in [3.63, 3.8) is 0 Å². The topological polar surface area (TPSA) is 61.4 Å². The summed E-state index contributed by atoms with van der Waals surface area (Å²) in [5, 5.41) is 7.10. The second-order valence-corrected chi connectivity index (χ2v) is 8.87. The van der Waals surface area contributed by atoms with Crippen LogP contribution in [-0.2, 0) is 4.79 Å². The van der Waals surface area contributed by atoms with Crippen molar-refractivity contribution in [2.24, 2.45) is 0 Å². The molecular weight excluding hydrogens is 434 g/mol. The van der Waals surface area contributed by atoms with Gasteiger partial charge in [-0.2, -0.15) is 0 Å². The number of aryl methyl sites for hydroxylation is 1. The van der Waals surface area contributed by atoms with Crippen molar-refractivity contribution in [2.45, 2.75) is 32.2 Å². The number of nitrogens with zero attached hydrogens (tertiary/aromatic N) is 1. The molecule has 2 amide bonds. The summed E-state index contributed by atoms with van der Waals surface area (Å²) >= 11 is 6.16. The molecule has 1 aliphatic heterocycles. The number of hydrogen-bond acceptors (Lipinski definition) is 3. The van der Waals surface area contributed by atoms with E-state index in [1.165, 1.54) is 0 Å². The van der Waals surface area contributed by atoms with E-state index in [0.29, 0.717) is 28.4 Å². The molecule has 2 aliphatic rings. The van der Waals surface area contributed by atoms with Gasteiger partial charge in [0.15, 0.2) is 5.78 Å². The molecule has 1 aliphatic carbocycles. The van der Waals surface area contributed by atoms with Crippen LogP contribution in [0, 0.1) is 6.92 Å². The Morgan fingerprint density at radius 2 is 1.73 bits per heavy atom. The van der Waals surface area contributed by atoms with Crippen molar-refractivity contribution in [3.05, 3.63) is 100 Å². The van der Waals surface area contributed by atoms with Crippen molar-refractivity contribution in [1.29, 1.82) is 0 Å². The number of urea groups is 1. The van der Waals surface area contributed by atoms with Crippen LogP contribution in [0.1, 0.15) is 36.4 Å². The van der Waals surface area contributed by atoms with E-state index in [1.54, 1.807) is 17.0 Å². The number of amides is 2. The number of benzene rings is 3. The van der Waals surface area contributed by atoms with Crippen LogP contribution in [-0.4, -0.2) is 11.8 Å². The lowest BCUT2D eigenvalue weighted by atomic mass is 9.86. The maximum Gasteiger partial charge on any atom is 0.327 e. The number of fused-ring (bicyclic) bond motifs is 1. The van der Waals surface area contributed by atoms with E-state index in [1.807, 2.05) is 67.6 Å². The predicted molar refractivity (Wildman–Crippen MR) is 133 cm³/mol. The molecule has 1 heterocycles. The summed E-state index contributed by atoms with van der Waals surface area (Å²) in [4.78, 5) is 28.8. The summed E-state index contributed by atoms with van der Waals surface area (Å²) < 4.78 is 0. The molecule has 0 bridgehead atoms. The molecule has 0 saturated carbocycles. The van der Waals surface area contributed by atoms with Crippen molar-refractivity contribution < 1.29 is 9.59 Å². The number of allylic oxidation sites excluding steroid dienone is 1. The Balaban J connectivity index is 1.68. The first-order valence-electron chi connectivity index (χ1n) is 11.1. The van der Waals surface area contributed by atoms with Gasteiger partial charge in [0.25, 0.3) is 0 Å². The third kappa shape index (κ3) is 4.12. The van der Waals surface area contributed by atoms with E-state index < -0.39 is 6.04 Å². The van der Waals surface area contributed by atoms with Crippen LogP contribution < -0.4 is 15.5 Å². The number of para-hydroxylation sites is 2. The Labute approximate surface area is 198 Å². The molecule has 33 heavy (non-hydrogen) atoms. The molecule has 0 unspecified atom stereocenters. The van der Waals surface area contributed by atoms with Crippen LogP contribution >= 0.6 is 11.6 Å². The smallest absolute Gasteiger partial charge is 0.327 e. The minimum absolute atomic E-state index is 0.0599. The van der Waals surface area contributed by atoms with Gasteiger partial charge in [-0.25, -0.2) is 4.79 Å². The first-order chi connectivity index (χ1) is 16.0. The largest absolute Gasteiger partial charge is 0.357 e. The minimum atomic E-state index is -0.577. The van der Waals surface area contributed by atoms with Crippen LogP contribution in [0.4, 0.5) is 21.9 Å². The number of hydrogen-bond donors (Lipinski definition) is 2. The first-order valence-corrected chi connectivity index (χ1v) is 11.4. The quantitative estimate of drug-likeness (QED) is 0.441. The van der Waals surface area contributed by atoms with Gasteiger partial charge in [-0.1, -0.05) is 53.6 Å². The van der Waals surface area contributed by atoms with Gasteiger partial charge in [-0.3, -0.25) is 9.69 Å². The molecular formula is C27H24ClN3O2. The molecule has 0 radical (unpaired) electrons. The highest BCUT2D eigenvalue weighted by atomic mass is 35.5. The average Bonchev–Trinajstić information content (AvgIpc) is 2.96. The number of ketones is 1. The molecule has 0 saturated heterocycles. The van der Waals surface area contributed by atoms with Crippen LogP contribution in [0.2, 0.25) is 5.02 Å². The fourth-order valence-electron chi connectivity index (χ4n) is 4.54. The zero-order valence-electron chi connectivity index (χ0n) is 18.3. The van der Waals surface area contributed by atoms with E-state index in [0.717, 1.165) is 35.4 Å². The Kier molecular flexibility index (Phi) is 5.65. The average molecular weight is 458 g/mol. The molecule has 5 nitrogen and oxygen atoms in total. The SMILES string of the molecule is Cc1ccc(NC(=O)N2c3ccccc3NC3=C(C(=O)CCC3)[C@@H]2c2ccc(Cl)cc2)cc1. The second kappa shape index (κ2) is 8.75. The van der Waals surface area contributed by atoms with Gasteiger partial charge in [-0.05, 0) is 61.7 Å². The number of rotatable bonds is 2. The highest BCUT2D eigenvalue weighted by Crippen LogP contribution is 2.45. The number of carbonyl (C=O) groups excluding carboxylic acids is 2. The first kappa shape index (κ1) is 21.3. The van der Waals surface area contributed by atoms with E-state index in [9.17, 15) is 9.59 Å².